The fourth-order valence-corrected chi connectivity index (χ4v) is 2.33. The second-order valence-electron chi connectivity index (χ2n) is 4.44. The summed E-state index contributed by atoms with van der Waals surface area (Å²) in [6.45, 7) is 1.77. The fraction of sp³-hybridized carbons (Fsp3) is 0.231. The maximum absolute atomic E-state index is 13.2. The molecule has 2 aromatic rings. The molecule has 0 aliphatic carbocycles. The number of hydrogen-bond acceptors (Lipinski definition) is 3. The second-order valence-corrected chi connectivity index (χ2v) is 4.44. The highest BCUT2D eigenvalue weighted by molar-refractivity contribution is 5.86. The minimum Gasteiger partial charge on any atom is -0.476 e. The first-order valence-corrected chi connectivity index (χ1v) is 5.93. The van der Waals surface area contributed by atoms with Crippen LogP contribution >= 0.6 is 0 Å². The number of aromatic carboxylic acids is 1. The molecule has 2 heterocycles. The van der Waals surface area contributed by atoms with Crippen molar-refractivity contribution in [2.45, 2.75) is 13.1 Å². The van der Waals surface area contributed by atoms with Gasteiger partial charge in [0.25, 0.3) is 0 Å². The summed E-state index contributed by atoms with van der Waals surface area (Å²) in [7, 11) is 0. The number of carbonyl (C=O) groups is 1. The molecule has 0 bridgehead atoms. The number of aromatic nitrogens is 2. The molecule has 1 aliphatic rings. The van der Waals surface area contributed by atoms with Crippen LogP contribution in [0.2, 0.25) is 0 Å². The highest BCUT2D eigenvalue weighted by atomic mass is 19.1. The van der Waals surface area contributed by atoms with Gasteiger partial charge in [-0.2, -0.15) is 0 Å². The van der Waals surface area contributed by atoms with Crippen molar-refractivity contribution in [3.05, 3.63) is 47.8 Å². The van der Waals surface area contributed by atoms with Crippen LogP contribution in [0.3, 0.4) is 0 Å². The van der Waals surface area contributed by atoms with Gasteiger partial charge in [0, 0.05) is 18.8 Å². The summed E-state index contributed by atoms with van der Waals surface area (Å²) in [6, 6.07) is 6.30. The monoisotopic (exact) mass is 261 g/mol. The molecule has 0 radical (unpaired) electrons. The second kappa shape index (κ2) is 4.38. The summed E-state index contributed by atoms with van der Waals surface area (Å²) in [6.07, 6.45) is 1.54. The van der Waals surface area contributed by atoms with Gasteiger partial charge in [-0.25, -0.2) is 14.2 Å². The molecule has 3 rings (SSSR count). The van der Waals surface area contributed by atoms with Gasteiger partial charge in [-0.15, -0.1) is 0 Å². The Bertz CT molecular complexity index is 639. The number of rotatable bonds is 2. The summed E-state index contributed by atoms with van der Waals surface area (Å²) in [5.74, 6) is -1.33. The van der Waals surface area contributed by atoms with E-state index in [9.17, 15) is 9.18 Å². The van der Waals surface area contributed by atoms with Crippen molar-refractivity contribution in [3.63, 3.8) is 0 Å². The van der Waals surface area contributed by atoms with Crippen LogP contribution in [0, 0.1) is 5.82 Å². The summed E-state index contributed by atoms with van der Waals surface area (Å²) >= 11 is 0. The van der Waals surface area contributed by atoms with Gasteiger partial charge in [0.2, 0.25) is 0 Å². The minimum atomic E-state index is -1.03. The number of benzene rings is 1. The van der Waals surface area contributed by atoms with Crippen LogP contribution in [0.4, 0.5) is 10.1 Å². The first kappa shape index (κ1) is 11.7. The summed E-state index contributed by atoms with van der Waals surface area (Å²) in [5, 5.41) is 9.08. The number of imidazole rings is 1. The summed E-state index contributed by atoms with van der Waals surface area (Å²) in [5.41, 5.74) is 1.48. The largest absolute Gasteiger partial charge is 0.476 e. The Morgan fingerprint density at radius 1 is 1.37 bits per heavy atom. The minimum absolute atomic E-state index is 0.0705. The van der Waals surface area contributed by atoms with E-state index < -0.39 is 5.97 Å². The first-order chi connectivity index (χ1) is 9.15. The lowest BCUT2D eigenvalue weighted by Crippen LogP contribution is -2.34. The van der Waals surface area contributed by atoms with Crippen LogP contribution in [-0.2, 0) is 13.1 Å². The fourth-order valence-electron chi connectivity index (χ4n) is 2.33. The van der Waals surface area contributed by atoms with Crippen LogP contribution < -0.4 is 4.90 Å². The van der Waals surface area contributed by atoms with Gasteiger partial charge in [-0.05, 0) is 18.2 Å². The number of anilines is 1. The van der Waals surface area contributed by atoms with Crippen LogP contribution in [0.25, 0.3) is 0 Å². The van der Waals surface area contributed by atoms with Gasteiger partial charge in [0.15, 0.2) is 5.69 Å². The van der Waals surface area contributed by atoms with Crippen LogP contribution in [0.5, 0.6) is 0 Å². The van der Waals surface area contributed by atoms with Gasteiger partial charge in [0.05, 0.1) is 18.6 Å². The van der Waals surface area contributed by atoms with E-state index in [-0.39, 0.29) is 11.5 Å². The highest BCUT2D eigenvalue weighted by Gasteiger charge is 2.23. The van der Waals surface area contributed by atoms with E-state index in [1.807, 2.05) is 15.5 Å². The molecule has 1 aromatic heterocycles. The van der Waals surface area contributed by atoms with E-state index in [2.05, 4.69) is 4.98 Å². The lowest BCUT2D eigenvalue weighted by Gasteiger charge is -2.30. The predicted octanol–water partition coefficient (Wildman–Crippen LogP) is 1.74. The maximum Gasteiger partial charge on any atom is 0.356 e. The van der Waals surface area contributed by atoms with Gasteiger partial charge < -0.3 is 14.6 Å². The van der Waals surface area contributed by atoms with E-state index in [4.69, 9.17) is 5.11 Å². The molecule has 1 aromatic carbocycles. The lowest BCUT2D eigenvalue weighted by molar-refractivity contribution is 0.0689. The molecule has 5 nitrogen and oxygen atoms in total. The topological polar surface area (TPSA) is 58.4 Å². The number of halogens is 1. The van der Waals surface area contributed by atoms with Gasteiger partial charge in [0.1, 0.15) is 5.82 Å². The van der Waals surface area contributed by atoms with Gasteiger partial charge >= 0.3 is 5.97 Å². The third-order valence-corrected chi connectivity index (χ3v) is 3.27. The van der Waals surface area contributed by atoms with Crippen molar-refractivity contribution in [2.75, 3.05) is 11.4 Å². The molecule has 19 heavy (non-hydrogen) atoms. The van der Waals surface area contributed by atoms with E-state index in [0.29, 0.717) is 25.3 Å². The Morgan fingerprint density at radius 3 is 2.95 bits per heavy atom. The zero-order chi connectivity index (χ0) is 13.4. The molecular weight excluding hydrogens is 249 g/mol. The van der Waals surface area contributed by atoms with Crippen molar-refractivity contribution in [1.82, 2.24) is 9.55 Å². The Morgan fingerprint density at radius 2 is 2.21 bits per heavy atom. The van der Waals surface area contributed by atoms with E-state index in [0.717, 1.165) is 5.69 Å². The maximum atomic E-state index is 13.2. The third-order valence-electron chi connectivity index (χ3n) is 3.27. The average molecular weight is 261 g/mol. The quantitative estimate of drug-likeness (QED) is 0.894. The first-order valence-electron chi connectivity index (χ1n) is 5.93. The molecular formula is C13H12FN3O2. The van der Waals surface area contributed by atoms with Gasteiger partial charge in [-0.3, -0.25) is 0 Å². The molecule has 0 saturated heterocycles. The van der Waals surface area contributed by atoms with E-state index in [1.54, 1.807) is 12.4 Å². The Labute approximate surface area is 108 Å². The number of hydrogen-bond donors (Lipinski definition) is 1. The van der Waals surface area contributed by atoms with E-state index in [1.165, 1.54) is 12.1 Å². The smallest absolute Gasteiger partial charge is 0.356 e. The van der Waals surface area contributed by atoms with Crippen molar-refractivity contribution >= 4 is 11.7 Å². The molecule has 0 fully saturated rings. The normalized spacial score (nSPS) is 14.3. The Balaban J connectivity index is 1.93. The molecule has 6 heteroatoms. The van der Waals surface area contributed by atoms with Gasteiger partial charge in [-0.1, -0.05) is 6.07 Å². The molecule has 0 saturated carbocycles. The SMILES string of the molecule is O=C(O)c1ncn2c1CN(c1cccc(F)c1)CC2. The molecule has 0 unspecified atom stereocenters. The predicted molar refractivity (Wildman–Crippen MR) is 66.6 cm³/mol. The zero-order valence-electron chi connectivity index (χ0n) is 10.1. The summed E-state index contributed by atoms with van der Waals surface area (Å²) < 4.78 is 15.1. The molecule has 1 N–H and O–H groups in total. The van der Waals surface area contributed by atoms with Crippen LogP contribution in [0.1, 0.15) is 16.2 Å². The average Bonchev–Trinajstić information content (AvgIpc) is 2.81. The highest BCUT2D eigenvalue weighted by Crippen LogP contribution is 2.23. The molecule has 1 aliphatic heterocycles. The Kier molecular flexibility index (Phi) is 2.70. The van der Waals surface area contributed by atoms with Crippen LogP contribution in [-0.4, -0.2) is 27.2 Å². The van der Waals surface area contributed by atoms with Crippen LogP contribution in [0.15, 0.2) is 30.6 Å². The lowest BCUT2D eigenvalue weighted by atomic mass is 10.2. The van der Waals surface area contributed by atoms with E-state index >= 15 is 0 Å². The number of nitrogens with zero attached hydrogens (tertiary/aromatic N) is 3. The number of carboxylic acid groups (broad SMARTS) is 1. The summed E-state index contributed by atoms with van der Waals surface area (Å²) in [4.78, 5) is 16.9. The Hall–Kier alpha value is -2.37. The number of carboxylic acids is 1. The number of fused-ring (bicyclic) bond motifs is 1. The van der Waals surface area contributed by atoms with Crippen molar-refractivity contribution in [2.24, 2.45) is 0 Å². The molecule has 0 amide bonds. The van der Waals surface area contributed by atoms with Crippen molar-refractivity contribution in [3.8, 4) is 0 Å². The zero-order valence-corrected chi connectivity index (χ0v) is 10.1. The molecule has 0 atom stereocenters. The molecule has 0 spiro atoms. The standard InChI is InChI=1S/C13H12FN3O2/c14-9-2-1-3-10(6-9)16-4-5-17-8-15-12(13(18)19)11(17)7-16/h1-3,6,8H,4-5,7H2,(H,18,19). The van der Waals surface area contributed by atoms with Crippen molar-refractivity contribution < 1.29 is 14.3 Å². The molecule has 98 valence electrons. The van der Waals surface area contributed by atoms with Crippen molar-refractivity contribution in [1.29, 1.82) is 0 Å². The third kappa shape index (κ3) is 2.05.